The molecule has 1 aromatic heterocycles. The number of ketones is 1. The Labute approximate surface area is 154 Å². The van der Waals surface area contributed by atoms with E-state index in [-0.39, 0.29) is 5.78 Å². The van der Waals surface area contributed by atoms with Gasteiger partial charge < -0.3 is 4.90 Å². The number of alkyl halides is 3. The van der Waals surface area contributed by atoms with Crippen molar-refractivity contribution in [2.75, 3.05) is 37.6 Å². The first-order chi connectivity index (χ1) is 12.3. The van der Waals surface area contributed by atoms with Crippen molar-refractivity contribution >= 4 is 23.2 Å². The van der Waals surface area contributed by atoms with Crippen molar-refractivity contribution in [1.29, 1.82) is 0 Å². The van der Waals surface area contributed by atoms with Crippen LogP contribution in [0.25, 0.3) is 0 Å². The summed E-state index contributed by atoms with van der Waals surface area (Å²) in [4.78, 5) is 20.0. The molecule has 1 aliphatic heterocycles. The van der Waals surface area contributed by atoms with Gasteiger partial charge in [-0.1, -0.05) is 41.9 Å². The average molecular weight is 384 g/mol. The number of carbonyl (C=O) groups excluding carboxylic acids is 1. The summed E-state index contributed by atoms with van der Waals surface area (Å²) < 4.78 is 38.3. The van der Waals surface area contributed by atoms with Crippen LogP contribution >= 0.6 is 11.6 Å². The van der Waals surface area contributed by atoms with Gasteiger partial charge in [0.25, 0.3) is 0 Å². The molecule has 0 aliphatic carbocycles. The smallest absolute Gasteiger partial charge is 0.354 e. The highest BCUT2D eigenvalue weighted by atomic mass is 35.5. The first-order valence-electron chi connectivity index (χ1n) is 8.14. The Hall–Kier alpha value is -2.12. The maximum absolute atomic E-state index is 12.8. The zero-order valence-corrected chi connectivity index (χ0v) is 14.6. The van der Waals surface area contributed by atoms with Crippen molar-refractivity contribution in [2.24, 2.45) is 0 Å². The molecule has 4 nitrogen and oxygen atoms in total. The van der Waals surface area contributed by atoms with Crippen molar-refractivity contribution in [2.45, 2.75) is 6.18 Å². The molecular formula is C18H17ClF3N3O. The monoisotopic (exact) mass is 383 g/mol. The molecule has 0 spiro atoms. The number of hydrogen-bond donors (Lipinski definition) is 0. The van der Waals surface area contributed by atoms with Crippen LogP contribution < -0.4 is 4.90 Å². The van der Waals surface area contributed by atoms with Crippen molar-refractivity contribution in [1.82, 2.24) is 9.88 Å². The third-order valence-electron chi connectivity index (χ3n) is 4.30. The van der Waals surface area contributed by atoms with E-state index in [2.05, 4.69) is 4.98 Å². The van der Waals surface area contributed by atoms with Gasteiger partial charge in [-0.15, -0.1) is 0 Å². The molecule has 2 heterocycles. The van der Waals surface area contributed by atoms with Gasteiger partial charge in [0.2, 0.25) is 0 Å². The molecule has 138 valence electrons. The zero-order chi connectivity index (χ0) is 18.7. The number of halogens is 4. The van der Waals surface area contributed by atoms with Crippen LogP contribution in [0.3, 0.4) is 0 Å². The lowest BCUT2D eigenvalue weighted by atomic mass is 10.1. The molecule has 0 radical (unpaired) electrons. The summed E-state index contributed by atoms with van der Waals surface area (Å²) in [6, 6.07) is 11.4. The second kappa shape index (κ2) is 7.63. The lowest BCUT2D eigenvalue weighted by Gasteiger charge is -2.35. The summed E-state index contributed by atoms with van der Waals surface area (Å²) in [5.74, 6) is 0.465. The summed E-state index contributed by atoms with van der Waals surface area (Å²) in [5.41, 5.74) is -0.263. The van der Waals surface area contributed by atoms with Crippen molar-refractivity contribution in [3.05, 3.63) is 58.7 Å². The molecule has 0 saturated carbocycles. The lowest BCUT2D eigenvalue weighted by Crippen LogP contribution is -2.48. The van der Waals surface area contributed by atoms with E-state index in [9.17, 15) is 18.0 Å². The molecule has 8 heteroatoms. The molecule has 0 amide bonds. The highest BCUT2D eigenvalue weighted by Gasteiger charge is 2.34. The van der Waals surface area contributed by atoms with E-state index in [4.69, 9.17) is 11.6 Å². The molecule has 2 aromatic rings. The predicted molar refractivity (Wildman–Crippen MR) is 93.7 cm³/mol. The third kappa shape index (κ3) is 4.34. The minimum Gasteiger partial charge on any atom is -0.354 e. The standard InChI is InChI=1S/C18H17ClF3N3O/c19-17-14(18(20,21)22)6-7-16(23-17)25-10-8-24(9-11-25)12-15(26)13-4-2-1-3-5-13/h1-7H,8-12H2. The largest absolute Gasteiger partial charge is 0.419 e. The van der Waals surface area contributed by atoms with Crippen molar-refractivity contribution in [3.63, 3.8) is 0 Å². The van der Waals surface area contributed by atoms with Gasteiger partial charge in [0, 0.05) is 31.7 Å². The Morgan fingerprint density at radius 2 is 1.69 bits per heavy atom. The molecule has 0 unspecified atom stereocenters. The molecule has 1 aromatic carbocycles. The zero-order valence-electron chi connectivity index (χ0n) is 13.8. The normalized spacial score (nSPS) is 15.9. The van der Waals surface area contributed by atoms with Gasteiger partial charge in [-0.25, -0.2) is 4.98 Å². The summed E-state index contributed by atoms with van der Waals surface area (Å²) in [5, 5.41) is -0.545. The fourth-order valence-corrected chi connectivity index (χ4v) is 3.12. The van der Waals surface area contributed by atoms with Crippen LogP contribution in [-0.2, 0) is 6.18 Å². The van der Waals surface area contributed by atoms with Gasteiger partial charge in [-0.3, -0.25) is 9.69 Å². The number of piperazine rings is 1. The van der Waals surface area contributed by atoms with Crippen LogP contribution in [0, 0.1) is 0 Å². The molecule has 1 aliphatic rings. The van der Waals surface area contributed by atoms with E-state index >= 15 is 0 Å². The first kappa shape index (κ1) is 18.7. The van der Waals surface area contributed by atoms with E-state index in [1.165, 1.54) is 6.07 Å². The molecule has 0 N–H and O–H groups in total. The summed E-state index contributed by atoms with van der Waals surface area (Å²) in [6.45, 7) is 2.70. The van der Waals surface area contributed by atoms with Crippen LogP contribution in [-0.4, -0.2) is 48.4 Å². The highest BCUT2D eigenvalue weighted by molar-refractivity contribution is 6.30. The van der Waals surface area contributed by atoms with Gasteiger partial charge in [0.05, 0.1) is 12.1 Å². The van der Waals surface area contributed by atoms with Crippen molar-refractivity contribution < 1.29 is 18.0 Å². The SMILES string of the molecule is O=C(CN1CCN(c2ccc(C(F)(F)F)c(Cl)n2)CC1)c1ccccc1. The summed E-state index contributed by atoms with van der Waals surface area (Å²) in [7, 11) is 0. The van der Waals surface area contributed by atoms with E-state index < -0.39 is 16.9 Å². The van der Waals surface area contributed by atoms with Crippen LogP contribution in [0.5, 0.6) is 0 Å². The Kier molecular flexibility index (Phi) is 5.48. The maximum Gasteiger partial charge on any atom is 0.419 e. The quantitative estimate of drug-likeness (QED) is 0.595. The number of aromatic nitrogens is 1. The minimum atomic E-state index is -4.51. The van der Waals surface area contributed by atoms with E-state index in [1.54, 1.807) is 12.1 Å². The van der Waals surface area contributed by atoms with Crippen LogP contribution in [0.15, 0.2) is 42.5 Å². The topological polar surface area (TPSA) is 36.4 Å². The fourth-order valence-electron chi connectivity index (χ4n) is 2.87. The molecule has 0 atom stereocenters. The number of anilines is 1. The number of benzene rings is 1. The highest BCUT2D eigenvalue weighted by Crippen LogP contribution is 2.34. The molecular weight excluding hydrogens is 367 g/mol. The molecule has 1 fully saturated rings. The Morgan fingerprint density at radius 3 is 2.27 bits per heavy atom. The number of rotatable bonds is 4. The number of carbonyl (C=O) groups is 1. The summed E-state index contributed by atoms with van der Waals surface area (Å²) in [6.07, 6.45) is -4.51. The molecule has 0 bridgehead atoms. The minimum absolute atomic E-state index is 0.0507. The molecule has 26 heavy (non-hydrogen) atoms. The Balaban J connectivity index is 1.59. The number of pyridine rings is 1. The molecule has 3 rings (SSSR count). The van der Waals surface area contributed by atoms with Crippen LogP contribution in [0.4, 0.5) is 19.0 Å². The van der Waals surface area contributed by atoms with Gasteiger partial charge in [0.15, 0.2) is 5.78 Å². The number of Topliss-reactive ketones (excluding diaryl/α,β-unsaturated/α-hetero) is 1. The van der Waals surface area contributed by atoms with E-state index in [0.29, 0.717) is 44.1 Å². The fraction of sp³-hybridized carbons (Fsp3) is 0.333. The second-order valence-corrected chi connectivity index (χ2v) is 6.42. The lowest BCUT2D eigenvalue weighted by molar-refractivity contribution is -0.137. The van der Waals surface area contributed by atoms with Crippen molar-refractivity contribution in [3.8, 4) is 0 Å². The van der Waals surface area contributed by atoms with Gasteiger partial charge >= 0.3 is 6.18 Å². The van der Waals surface area contributed by atoms with Crippen LogP contribution in [0.2, 0.25) is 5.15 Å². The second-order valence-electron chi connectivity index (χ2n) is 6.06. The molecule has 1 saturated heterocycles. The van der Waals surface area contributed by atoms with Gasteiger partial charge in [-0.05, 0) is 12.1 Å². The van der Waals surface area contributed by atoms with Gasteiger partial charge in [-0.2, -0.15) is 13.2 Å². The summed E-state index contributed by atoms with van der Waals surface area (Å²) >= 11 is 5.69. The van der Waals surface area contributed by atoms with Crippen LogP contribution in [0.1, 0.15) is 15.9 Å². The van der Waals surface area contributed by atoms with Gasteiger partial charge in [0.1, 0.15) is 11.0 Å². The number of hydrogen-bond acceptors (Lipinski definition) is 4. The average Bonchev–Trinajstić information content (AvgIpc) is 2.62. The number of nitrogens with zero attached hydrogens (tertiary/aromatic N) is 3. The third-order valence-corrected chi connectivity index (χ3v) is 4.59. The van der Waals surface area contributed by atoms with E-state index in [1.807, 2.05) is 28.0 Å². The maximum atomic E-state index is 12.8. The van der Waals surface area contributed by atoms with E-state index in [0.717, 1.165) is 6.07 Å². The Bertz CT molecular complexity index is 775. The first-order valence-corrected chi connectivity index (χ1v) is 8.51. The predicted octanol–water partition coefficient (Wildman–Crippen LogP) is 3.76. The Morgan fingerprint density at radius 1 is 1.04 bits per heavy atom.